The molecule has 4 rings (SSSR count). The lowest BCUT2D eigenvalue weighted by molar-refractivity contribution is -0.182. The van der Waals surface area contributed by atoms with Crippen LogP contribution in [0.3, 0.4) is 0 Å². The predicted molar refractivity (Wildman–Crippen MR) is 168 cm³/mol. The van der Waals surface area contributed by atoms with Gasteiger partial charge in [0.05, 0.1) is 31.7 Å². The second kappa shape index (κ2) is 18.0. The molecule has 262 valence electrons. The third kappa shape index (κ3) is 10.8. The van der Waals surface area contributed by atoms with Crippen molar-refractivity contribution in [3.8, 4) is 0 Å². The lowest BCUT2D eigenvalue weighted by Gasteiger charge is -2.42. The number of rotatable bonds is 12. The summed E-state index contributed by atoms with van der Waals surface area (Å²) in [5.41, 5.74) is 2.59. The first-order valence-corrected chi connectivity index (χ1v) is 17.5. The smallest absolute Gasteiger partial charge is 0.393 e. The highest BCUT2D eigenvalue weighted by Gasteiger charge is 2.47. The number of aliphatic hydroxyl groups excluding tert-OH is 1. The van der Waals surface area contributed by atoms with Crippen LogP contribution in [-0.4, -0.2) is 97.0 Å². The third-order valence-corrected chi connectivity index (χ3v) is 10.8. The highest BCUT2D eigenvalue weighted by Crippen LogP contribution is 2.42. The summed E-state index contributed by atoms with van der Waals surface area (Å²) in [4.78, 5) is 42.2. The first kappa shape index (κ1) is 36.9. The average molecular weight is 678 g/mol. The minimum atomic E-state index is -4.38. The first-order valence-electron chi connectivity index (χ1n) is 17.1. The fourth-order valence-electron chi connectivity index (χ4n) is 7.68. The number of amides is 3. The predicted octanol–water partition coefficient (Wildman–Crippen LogP) is 3.75. The van der Waals surface area contributed by atoms with Gasteiger partial charge >= 0.3 is 6.18 Å². The van der Waals surface area contributed by atoms with Crippen molar-refractivity contribution in [3.05, 3.63) is 0 Å². The molecule has 1 aliphatic heterocycles. The zero-order valence-corrected chi connectivity index (χ0v) is 27.4. The minimum Gasteiger partial charge on any atom is -0.394 e. The van der Waals surface area contributed by atoms with Gasteiger partial charge in [-0.3, -0.25) is 14.4 Å². The van der Waals surface area contributed by atoms with Crippen LogP contribution in [-0.2, 0) is 19.1 Å². The molecule has 3 aliphatic carbocycles. The Balaban J connectivity index is 1.35. The molecule has 0 aromatic carbocycles. The molecular formula is C32H51ClF3N5O5. The number of likely N-dealkylation sites (tertiary alicyclic amines) is 1. The lowest BCUT2D eigenvalue weighted by Crippen LogP contribution is -2.54. The summed E-state index contributed by atoms with van der Waals surface area (Å²) in [5.74, 6) is -3.79. The number of carbonyl (C=O) groups is 3. The Kier molecular flexibility index (Phi) is 14.4. The Morgan fingerprint density at radius 2 is 1.63 bits per heavy atom. The number of hydrogen-bond donors (Lipinski definition) is 4. The van der Waals surface area contributed by atoms with Crippen LogP contribution in [0.5, 0.6) is 0 Å². The van der Waals surface area contributed by atoms with Gasteiger partial charge in [-0.15, -0.1) is 11.6 Å². The number of carbonyl (C=O) groups excluding carboxylic acids is 3. The molecule has 14 heteroatoms. The molecule has 0 aromatic rings. The van der Waals surface area contributed by atoms with Crippen molar-refractivity contribution >= 4 is 35.5 Å². The minimum absolute atomic E-state index is 0.0788. The van der Waals surface area contributed by atoms with E-state index < -0.39 is 35.3 Å². The van der Waals surface area contributed by atoms with Gasteiger partial charge in [0.25, 0.3) is 0 Å². The fraction of sp³-hybridized carbons (Fsp3) is 0.875. The Morgan fingerprint density at radius 1 is 0.891 bits per heavy atom. The molecule has 46 heavy (non-hydrogen) atoms. The van der Waals surface area contributed by atoms with E-state index >= 15 is 0 Å². The van der Waals surface area contributed by atoms with Gasteiger partial charge in [0.15, 0.2) is 0 Å². The zero-order chi connectivity index (χ0) is 33.1. The number of ether oxygens (including phenoxy) is 1. The standard InChI is InChI=1S/C32H51ClF3N5O5/c33-27-9-7-21(17-26(27)32(34,35)36)20-38-40-31(45)25-19-24(41-12-2-1-3-13-41)8-10-28(25)39-30(44)23-6-4-5-22(18-23)29(43)37-11-15-46-16-14-42/h20-28,42H,1-19H2,(H,37,43)(H,39,44)(H,40,45)/b38-20+. The molecule has 10 nitrogen and oxygen atoms in total. The van der Waals surface area contributed by atoms with E-state index in [9.17, 15) is 27.6 Å². The Morgan fingerprint density at radius 3 is 2.35 bits per heavy atom. The SMILES string of the molecule is O=C(NCCOCCO)C1CCCC(C(=O)NC2CCC(N3CCCCC3)CC2C(=O)N/N=C/C2CCC(Cl)C(C(F)(F)F)C2)C1. The maximum atomic E-state index is 13.5. The lowest BCUT2D eigenvalue weighted by atomic mass is 9.78. The quantitative estimate of drug-likeness (QED) is 0.108. The Labute approximate surface area is 274 Å². The van der Waals surface area contributed by atoms with Crippen LogP contribution in [0.2, 0.25) is 0 Å². The largest absolute Gasteiger partial charge is 0.394 e. The van der Waals surface area contributed by atoms with Crippen molar-refractivity contribution in [1.82, 2.24) is 21.0 Å². The summed E-state index contributed by atoms with van der Waals surface area (Å²) in [6.45, 7) is 2.74. The van der Waals surface area contributed by atoms with Crippen molar-refractivity contribution in [2.75, 3.05) is 39.5 Å². The molecule has 3 saturated carbocycles. The number of nitrogens with zero attached hydrogens (tertiary/aromatic N) is 2. The van der Waals surface area contributed by atoms with E-state index in [0.717, 1.165) is 38.8 Å². The third-order valence-electron chi connectivity index (χ3n) is 10.3. The van der Waals surface area contributed by atoms with Crippen LogP contribution in [0.4, 0.5) is 13.2 Å². The molecule has 0 radical (unpaired) electrons. The number of hydrogen-bond acceptors (Lipinski definition) is 7. The second-order valence-electron chi connectivity index (χ2n) is 13.5. The van der Waals surface area contributed by atoms with Crippen molar-refractivity contribution in [2.45, 2.75) is 107 Å². The molecule has 4 aliphatic rings. The molecule has 8 atom stereocenters. The summed E-state index contributed by atoms with van der Waals surface area (Å²) in [7, 11) is 0. The molecular weight excluding hydrogens is 627 g/mol. The summed E-state index contributed by atoms with van der Waals surface area (Å²) < 4.78 is 45.4. The molecule has 1 saturated heterocycles. The fourth-order valence-corrected chi connectivity index (χ4v) is 8.05. The van der Waals surface area contributed by atoms with E-state index in [1.54, 1.807) is 0 Å². The normalized spacial score (nSPS) is 33.0. The summed E-state index contributed by atoms with van der Waals surface area (Å²) in [5, 5.41) is 18.0. The van der Waals surface area contributed by atoms with Gasteiger partial charge in [0.1, 0.15) is 0 Å². The Hall–Kier alpha value is -1.96. The zero-order valence-electron chi connectivity index (χ0n) is 26.6. The summed E-state index contributed by atoms with van der Waals surface area (Å²) in [6.07, 6.45) is 5.60. The van der Waals surface area contributed by atoms with E-state index in [1.165, 1.54) is 12.6 Å². The summed E-state index contributed by atoms with van der Waals surface area (Å²) in [6, 6.07) is -0.188. The van der Waals surface area contributed by atoms with Crippen molar-refractivity contribution in [1.29, 1.82) is 0 Å². The van der Waals surface area contributed by atoms with Crippen molar-refractivity contribution < 1.29 is 37.4 Å². The van der Waals surface area contributed by atoms with E-state index in [2.05, 4.69) is 26.1 Å². The van der Waals surface area contributed by atoms with Crippen LogP contribution in [0.15, 0.2) is 5.10 Å². The molecule has 0 bridgehead atoms. The number of nitrogens with one attached hydrogen (secondary N) is 3. The molecule has 1 heterocycles. The van der Waals surface area contributed by atoms with Crippen molar-refractivity contribution in [2.24, 2.45) is 34.7 Å². The van der Waals surface area contributed by atoms with Crippen LogP contribution in [0.1, 0.15) is 83.5 Å². The maximum absolute atomic E-state index is 13.5. The molecule has 4 fully saturated rings. The Bertz CT molecular complexity index is 1030. The molecule has 0 spiro atoms. The number of aliphatic hydroxyl groups is 1. The molecule has 3 amide bonds. The average Bonchev–Trinajstić information content (AvgIpc) is 3.05. The number of piperidine rings is 1. The van der Waals surface area contributed by atoms with E-state index in [0.29, 0.717) is 51.7 Å². The monoisotopic (exact) mass is 677 g/mol. The topological polar surface area (TPSA) is 132 Å². The van der Waals surface area contributed by atoms with Gasteiger partial charge in [0, 0.05) is 42.1 Å². The molecule has 8 unspecified atom stereocenters. The van der Waals surface area contributed by atoms with E-state index in [-0.39, 0.29) is 61.7 Å². The van der Waals surface area contributed by atoms with Crippen LogP contribution < -0.4 is 16.1 Å². The van der Waals surface area contributed by atoms with Crippen molar-refractivity contribution in [3.63, 3.8) is 0 Å². The van der Waals surface area contributed by atoms with Gasteiger partial charge in [-0.2, -0.15) is 18.3 Å². The number of hydrazone groups is 1. The van der Waals surface area contributed by atoms with Crippen LogP contribution in [0.25, 0.3) is 0 Å². The van der Waals surface area contributed by atoms with E-state index in [4.69, 9.17) is 21.4 Å². The highest BCUT2D eigenvalue weighted by molar-refractivity contribution is 6.20. The second-order valence-corrected chi connectivity index (χ2v) is 14.0. The number of alkyl halides is 4. The van der Waals surface area contributed by atoms with Gasteiger partial charge in [0.2, 0.25) is 17.7 Å². The molecule has 4 N–H and O–H groups in total. The first-order chi connectivity index (χ1) is 22.1. The van der Waals surface area contributed by atoms with E-state index in [1.807, 2.05) is 0 Å². The number of halogens is 4. The van der Waals surface area contributed by atoms with Crippen LogP contribution in [0, 0.1) is 29.6 Å². The van der Waals surface area contributed by atoms with Gasteiger partial charge < -0.3 is 25.4 Å². The summed E-state index contributed by atoms with van der Waals surface area (Å²) >= 11 is 5.96. The highest BCUT2D eigenvalue weighted by atomic mass is 35.5. The maximum Gasteiger partial charge on any atom is 0.393 e. The van der Waals surface area contributed by atoms with Gasteiger partial charge in [-0.05, 0) is 89.6 Å². The van der Waals surface area contributed by atoms with Gasteiger partial charge in [-0.1, -0.05) is 12.8 Å². The van der Waals surface area contributed by atoms with Crippen LogP contribution >= 0.6 is 11.6 Å². The molecule has 0 aromatic heterocycles. The van der Waals surface area contributed by atoms with Gasteiger partial charge in [-0.25, -0.2) is 5.43 Å².